The summed E-state index contributed by atoms with van der Waals surface area (Å²) in [6.45, 7) is 2.23. The molecule has 3 nitrogen and oxygen atoms in total. The Balaban J connectivity index is 2.19. The molecule has 1 fully saturated rings. The van der Waals surface area contributed by atoms with Crippen molar-refractivity contribution >= 4 is 34.8 Å². The van der Waals surface area contributed by atoms with E-state index < -0.39 is 0 Å². The molecule has 92 valence electrons. The van der Waals surface area contributed by atoms with Crippen LogP contribution in [0.5, 0.6) is 0 Å². The molecular weight excluding hydrogens is 259 g/mol. The molecule has 1 saturated carbocycles. The Morgan fingerprint density at radius 2 is 2.06 bits per heavy atom. The summed E-state index contributed by atoms with van der Waals surface area (Å²) in [5.41, 5.74) is 6.64. The van der Waals surface area contributed by atoms with Crippen molar-refractivity contribution < 1.29 is 4.79 Å². The SMILES string of the molecule is Cc1cc(Cl)c(NC(=O)C2(CN)CC2)cc1Cl. The normalized spacial score (nSPS) is 16.7. The third kappa shape index (κ3) is 2.41. The van der Waals surface area contributed by atoms with Crippen LogP contribution >= 0.6 is 23.2 Å². The molecule has 0 saturated heterocycles. The number of hydrogen-bond donors (Lipinski definition) is 2. The third-order valence-corrected chi connectivity index (χ3v) is 3.94. The van der Waals surface area contributed by atoms with Crippen molar-refractivity contribution in [3.05, 3.63) is 27.7 Å². The van der Waals surface area contributed by atoms with Crippen molar-refractivity contribution in [2.45, 2.75) is 19.8 Å². The Hall–Kier alpha value is -0.770. The number of hydrogen-bond acceptors (Lipinski definition) is 2. The molecule has 17 heavy (non-hydrogen) atoms. The quantitative estimate of drug-likeness (QED) is 0.889. The van der Waals surface area contributed by atoms with Gasteiger partial charge in [-0.1, -0.05) is 23.2 Å². The molecule has 0 aliphatic heterocycles. The molecule has 5 heteroatoms. The van der Waals surface area contributed by atoms with E-state index in [1.165, 1.54) is 0 Å². The minimum absolute atomic E-state index is 0.0678. The molecule has 3 N–H and O–H groups in total. The predicted molar refractivity (Wildman–Crippen MR) is 70.6 cm³/mol. The van der Waals surface area contributed by atoms with Crippen LogP contribution in [0.15, 0.2) is 12.1 Å². The van der Waals surface area contributed by atoms with Crippen LogP contribution in [0, 0.1) is 12.3 Å². The zero-order chi connectivity index (χ0) is 12.6. The number of aryl methyl sites for hydroxylation is 1. The molecule has 2 rings (SSSR count). The van der Waals surface area contributed by atoms with Gasteiger partial charge in [0.1, 0.15) is 0 Å². The van der Waals surface area contributed by atoms with E-state index in [0.29, 0.717) is 22.3 Å². The van der Waals surface area contributed by atoms with Gasteiger partial charge in [-0.3, -0.25) is 4.79 Å². The zero-order valence-corrected chi connectivity index (χ0v) is 11.0. The molecule has 1 aliphatic carbocycles. The van der Waals surface area contributed by atoms with Crippen LogP contribution in [0.4, 0.5) is 5.69 Å². The van der Waals surface area contributed by atoms with E-state index in [0.717, 1.165) is 18.4 Å². The highest BCUT2D eigenvalue weighted by molar-refractivity contribution is 6.36. The average Bonchev–Trinajstić information content (AvgIpc) is 3.06. The van der Waals surface area contributed by atoms with Crippen molar-refractivity contribution in [2.75, 3.05) is 11.9 Å². The largest absolute Gasteiger partial charge is 0.329 e. The van der Waals surface area contributed by atoms with Gasteiger partial charge in [-0.05, 0) is 37.5 Å². The van der Waals surface area contributed by atoms with E-state index in [4.69, 9.17) is 28.9 Å². The topological polar surface area (TPSA) is 55.1 Å². The summed E-state index contributed by atoms with van der Waals surface area (Å²) in [6, 6.07) is 3.41. The second-order valence-corrected chi connectivity index (χ2v) is 5.33. The number of anilines is 1. The van der Waals surface area contributed by atoms with Gasteiger partial charge >= 0.3 is 0 Å². The molecule has 1 amide bonds. The number of carbonyl (C=O) groups excluding carboxylic acids is 1. The van der Waals surface area contributed by atoms with Crippen LogP contribution in [0.25, 0.3) is 0 Å². The number of nitrogens with two attached hydrogens (primary N) is 1. The van der Waals surface area contributed by atoms with Gasteiger partial charge in [-0.2, -0.15) is 0 Å². The fraction of sp³-hybridized carbons (Fsp3) is 0.417. The Labute approximate surface area is 110 Å². The van der Waals surface area contributed by atoms with Gasteiger partial charge < -0.3 is 11.1 Å². The predicted octanol–water partition coefficient (Wildman–Crippen LogP) is 2.98. The lowest BCUT2D eigenvalue weighted by atomic mass is 10.1. The van der Waals surface area contributed by atoms with Crippen molar-refractivity contribution in [1.82, 2.24) is 0 Å². The lowest BCUT2D eigenvalue weighted by Gasteiger charge is -2.14. The van der Waals surface area contributed by atoms with E-state index in [-0.39, 0.29) is 11.3 Å². The lowest BCUT2D eigenvalue weighted by molar-refractivity contribution is -0.120. The summed E-state index contributed by atoms with van der Waals surface area (Å²) >= 11 is 12.1. The first kappa shape index (κ1) is 12.7. The van der Waals surface area contributed by atoms with Gasteiger partial charge in [0.05, 0.1) is 16.1 Å². The number of rotatable bonds is 3. The van der Waals surface area contributed by atoms with E-state index in [2.05, 4.69) is 5.32 Å². The van der Waals surface area contributed by atoms with Crippen molar-refractivity contribution in [1.29, 1.82) is 0 Å². The molecule has 1 aromatic rings. The minimum Gasteiger partial charge on any atom is -0.329 e. The molecule has 1 aliphatic rings. The van der Waals surface area contributed by atoms with Crippen molar-refractivity contribution in [3.8, 4) is 0 Å². The minimum atomic E-state index is -0.388. The van der Waals surface area contributed by atoms with Crippen LogP contribution in [0.2, 0.25) is 10.0 Å². The summed E-state index contributed by atoms with van der Waals surface area (Å²) in [6.07, 6.45) is 1.68. The number of carbonyl (C=O) groups is 1. The van der Waals surface area contributed by atoms with Crippen LogP contribution in [-0.2, 0) is 4.79 Å². The van der Waals surface area contributed by atoms with Crippen molar-refractivity contribution in [2.24, 2.45) is 11.1 Å². The summed E-state index contributed by atoms with van der Waals surface area (Å²) in [5, 5.41) is 3.88. The Kier molecular flexibility index (Phi) is 3.34. The van der Waals surface area contributed by atoms with Gasteiger partial charge in [-0.15, -0.1) is 0 Å². The first-order valence-electron chi connectivity index (χ1n) is 5.46. The van der Waals surface area contributed by atoms with Gasteiger partial charge in [0.2, 0.25) is 5.91 Å². The van der Waals surface area contributed by atoms with Crippen molar-refractivity contribution in [3.63, 3.8) is 0 Å². The average molecular weight is 273 g/mol. The lowest BCUT2D eigenvalue weighted by Crippen LogP contribution is -2.30. The Morgan fingerprint density at radius 1 is 1.41 bits per heavy atom. The summed E-state index contributed by atoms with van der Waals surface area (Å²) in [4.78, 5) is 12.0. The van der Waals surface area contributed by atoms with Gasteiger partial charge in [0.15, 0.2) is 0 Å². The molecule has 0 unspecified atom stereocenters. The highest BCUT2D eigenvalue weighted by atomic mass is 35.5. The monoisotopic (exact) mass is 272 g/mol. The second kappa shape index (κ2) is 4.48. The summed E-state index contributed by atoms with van der Waals surface area (Å²) in [7, 11) is 0. The van der Waals surface area contributed by atoms with Crippen LogP contribution in [0.3, 0.4) is 0 Å². The smallest absolute Gasteiger partial charge is 0.231 e. The van der Waals surface area contributed by atoms with Crippen LogP contribution < -0.4 is 11.1 Å². The summed E-state index contributed by atoms with van der Waals surface area (Å²) < 4.78 is 0. The number of nitrogens with one attached hydrogen (secondary N) is 1. The molecule has 0 radical (unpaired) electrons. The second-order valence-electron chi connectivity index (χ2n) is 4.52. The standard InChI is InChI=1S/C12H14Cl2N2O/c1-7-4-9(14)10(5-8(7)13)16-11(17)12(6-15)2-3-12/h4-5H,2-3,6,15H2,1H3,(H,16,17). The Bertz CT molecular complexity index is 470. The molecule has 0 spiro atoms. The van der Waals surface area contributed by atoms with Gasteiger partial charge in [0.25, 0.3) is 0 Å². The van der Waals surface area contributed by atoms with Gasteiger partial charge in [0, 0.05) is 11.6 Å². The first-order valence-corrected chi connectivity index (χ1v) is 6.21. The Morgan fingerprint density at radius 3 is 2.59 bits per heavy atom. The number of benzene rings is 1. The first-order chi connectivity index (χ1) is 7.98. The maximum Gasteiger partial charge on any atom is 0.231 e. The van der Waals surface area contributed by atoms with Gasteiger partial charge in [-0.25, -0.2) is 0 Å². The van der Waals surface area contributed by atoms with E-state index in [1.807, 2.05) is 6.92 Å². The summed E-state index contributed by atoms with van der Waals surface area (Å²) in [5.74, 6) is -0.0678. The molecule has 1 aromatic carbocycles. The zero-order valence-electron chi connectivity index (χ0n) is 9.52. The van der Waals surface area contributed by atoms with E-state index in [9.17, 15) is 4.79 Å². The third-order valence-electron chi connectivity index (χ3n) is 3.22. The van der Waals surface area contributed by atoms with E-state index >= 15 is 0 Å². The molecule has 0 heterocycles. The molecule has 0 atom stereocenters. The maximum atomic E-state index is 12.0. The number of halogens is 2. The highest BCUT2D eigenvalue weighted by Crippen LogP contribution is 2.45. The number of amides is 1. The fourth-order valence-electron chi connectivity index (χ4n) is 1.67. The van der Waals surface area contributed by atoms with Crippen LogP contribution in [-0.4, -0.2) is 12.5 Å². The molecule has 0 bridgehead atoms. The maximum absolute atomic E-state index is 12.0. The van der Waals surface area contributed by atoms with E-state index in [1.54, 1.807) is 12.1 Å². The fourth-order valence-corrected chi connectivity index (χ4v) is 2.10. The highest BCUT2D eigenvalue weighted by Gasteiger charge is 2.48. The molecular formula is C12H14Cl2N2O. The van der Waals surface area contributed by atoms with Crippen LogP contribution in [0.1, 0.15) is 18.4 Å². The molecule has 0 aromatic heterocycles.